The van der Waals surface area contributed by atoms with Crippen LogP contribution in [-0.4, -0.2) is 33.6 Å². The smallest absolute Gasteiger partial charge is 0.338 e. The van der Waals surface area contributed by atoms with Gasteiger partial charge in [-0.1, -0.05) is 23.7 Å². The van der Waals surface area contributed by atoms with E-state index in [2.05, 4.69) is 4.72 Å². The third-order valence-corrected chi connectivity index (χ3v) is 5.41. The Morgan fingerprint density at radius 1 is 1.12 bits per heavy atom. The summed E-state index contributed by atoms with van der Waals surface area (Å²) < 4.78 is 37.6. The van der Waals surface area contributed by atoms with Gasteiger partial charge >= 0.3 is 5.97 Å². The number of ether oxygens (including phenoxy) is 2. The van der Waals surface area contributed by atoms with Crippen molar-refractivity contribution in [2.75, 3.05) is 13.2 Å². The zero-order valence-corrected chi connectivity index (χ0v) is 15.4. The predicted molar refractivity (Wildman–Crippen MR) is 97.0 cm³/mol. The minimum Gasteiger partial charge on any atom is -0.490 e. The molecule has 26 heavy (non-hydrogen) atoms. The van der Waals surface area contributed by atoms with Gasteiger partial charge in [0, 0.05) is 11.1 Å². The molecule has 8 heteroatoms. The van der Waals surface area contributed by atoms with E-state index in [0.717, 1.165) is 12.8 Å². The summed E-state index contributed by atoms with van der Waals surface area (Å²) in [7, 11) is -3.61. The second-order valence-corrected chi connectivity index (χ2v) is 8.02. The number of benzene rings is 2. The summed E-state index contributed by atoms with van der Waals surface area (Å²) in [5.74, 6) is -0.0315. The molecule has 0 aromatic heterocycles. The molecular formula is C18H18ClNO5S. The molecule has 0 bridgehead atoms. The number of carbonyl (C=O) groups is 1. The lowest BCUT2D eigenvalue weighted by Crippen LogP contribution is -2.26. The van der Waals surface area contributed by atoms with E-state index in [1.165, 1.54) is 24.3 Å². The summed E-state index contributed by atoms with van der Waals surface area (Å²) >= 11 is 5.86. The van der Waals surface area contributed by atoms with E-state index in [1.807, 2.05) is 0 Å². The quantitative estimate of drug-likeness (QED) is 0.548. The normalized spacial score (nSPS) is 14.0. The van der Waals surface area contributed by atoms with Gasteiger partial charge in [0.15, 0.2) is 0 Å². The monoisotopic (exact) mass is 395 g/mol. The molecule has 1 aliphatic carbocycles. The van der Waals surface area contributed by atoms with Crippen molar-refractivity contribution in [1.29, 1.82) is 0 Å². The summed E-state index contributed by atoms with van der Waals surface area (Å²) in [6.07, 6.45) is 1.68. The molecule has 0 aliphatic heterocycles. The van der Waals surface area contributed by atoms with Crippen LogP contribution in [0.4, 0.5) is 0 Å². The molecule has 1 saturated carbocycles. The summed E-state index contributed by atoms with van der Waals surface area (Å²) in [4.78, 5) is 12.2. The molecule has 0 spiro atoms. The van der Waals surface area contributed by atoms with Crippen molar-refractivity contribution in [3.63, 3.8) is 0 Å². The molecule has 0 amide bonds. The molecule has 0 radical (unpaired) electrons. The number of nitrogens with one attached hydrogen (secondary N) is 1. The lowest BCUT2D eigenvalue weighted by atomic mass is 10.2. The van der Waals surface area contributed by atoms with E-state index >= 15 is 0 Å². The lowest BCUT2D eigenvalue weighted by molar-refractivity contribution is 0.0450. The predicted octanol–water partition coefficient (Wildman–Crippen LogP) is 3.02. The van der Waals surface area contributed by atoms with Crippen molar-refractivity contribution in [1.82, 2.24) is 4.72 Å². The van der Waals surface area contributed by atoms with E-state index in [4.69, 9.17) is 21.1 Å². The molecule has 2 aromatic carbocycles. The van der Waals surface area contributed by atoms with Gasteiger partial charge in [-0.15, -0.1) is 0 Å². The molecule has 1 N–H and O–H groups in total. The van der Waals surface area contributed by atoms with Crippen molar-refractivity contribution in [3.05, 3.63) is 59.1 Å². The summed E-state index contributed by atoms with van der Waals surface area (Å²) in [6.45, 7) is 0.190. The van der Waals surface area contributed by atoms with Crippen molar-refractivity contribution in [2.24, 2.45) is 0 Å². The summed E-state index contributed by atoms with van der Waals surface area (Å²) in [5.41, 5.74) is 0.173. The highest BCUT2D eigenvalue weighted by Gasteiger charge is 2.28. The summed E-state index contributed by atoms with van der Waals surface area (Å²) in [6, 6.07) is 12.7. The maximum Gasteiger partial charge on any atom is 0.338 e. The van der Waals surface area contributed by atoms with Crippen molar-refractivity contribution in [2.45, 2.75) is 23.8 Å². The topological polar surface area (TPSA) is 81.7 Å². The zero-order valence-electron chi connectivity index (χ0n) is 13.9. The number of sulfonamides is 1. The van der Waals surface area contributed by atoms with Gasteiger partial charge in [0.25, 0.3) is 0 Å². The maximum atomic E-state index is 12.2. The van der Waals surface area contributed by atoms with Crippen LogP contribution >= 0.6 is 11.6 Å². The van der Waals surface area contributed by atoms with Gasteiger partial charge in [-0.3, -0.25) is 0 Å². The van der Waals surface area contributed by atoms with Crippen LogP contribution in [0.25, 0.3) is 0 Å². The maximum absolute atomic E-state index is 12.2. The first-order chi connectivity index (χ1) is 12.4. The fourth-order valence-corrected chi connectivity index (χ4v) is 3.74. The largest absolute Gasteiger partial charge is 0.490 e. The van der Waals surface area contributed by atoms with Crippen LogP contribution in [-0.2, 0) is 14.8 Å². The van der Waals surface area contributed by atoms with Gasteiger partial charge < -0.3 is 9.47 Å². The SMILES string of the molecule is O=C(OCCOc1cccc(Cl)c1)c1cccc(S(=O)(=O)NC2CC2)c1. The lowest BCUT2D eigenvalue weighted by Gasteiger charge is -2.09. The van der Waals surface area contributed by atoms with Gasteiger partial charge in [0.05, 0.1) is 10.5 Å². The molecule has 1 fully saturated rings. The minimum absolute atomic E-state index is 0.000698. The van der Waals surface area contributed by atoms with Crippen LogP contribution in [0.15, 0.2) is 53.4 Å². The highest BCUT2D eigenvalue weighted by Crippen LogP contribution is 2.22. The standard InChI is InChI=1S/C18H18ClNO5S/c19-14-4-2-5-16(12-14)24-9-10-25-18(21)13-3-1-6-17(11-13)26(22,23)20-15-7-8-15/h1-6,11-12,15,20H,7-10H2. The first-order valence-electron chi connectivity index (χ1n) is 8.12. The Balaban J connectivity index is 1.53. The van der Waals surface area contributed by atoms with Gasteiger partial charge in [0.2, 0.25) is 10.0 Å². The molecule has 0 saturated heterocycles. The number of rotatable bonds is 8. The molecule has 2 aromatic rings. The average Bonchev–Trinajstić information content (AvgIpc) is 3.42. The Bertz CT molecular complexity index is 896. The molecule has 3 rings (SSSR count). The number of hydrogen-bond donors (Lipinski definition) is 1. The molecule has 1 aliphatic rings. The minimum atomic E-state index is -3.61. The van der Waals surface area contributed by atoms with Crippen LogP contribution in [0.5, 0.6) is 5.75 Å². The third-order valence-electron chi connectivity index (χ3n) is 3.66. The highest BCUT2D eigenvalue weighted by atomic mass is 35.5. The Labute approximate surface area is 157 Å². The highest BCUT2D eigenvalue weighted by molar-refractivity contribution is 7.89. The second kappa shape index (κ2) is 8.07. The van der Waals surface area contributed by atoms with Gasteiger partial charge in [0.1, 0.15) is 19.0 Å². The van der Waals surface area contributed by atoms with Crippen LogP contribution in [0.3, 0.4) is 0 Å². The van der Waals surface area contributed by atoms with Crippen LogP contribution in [0.1, 0.15) is 23.2 Å². The Morgan fingerprint density at radius 2 is 1.88 bits per heavy atom. The fourth-order valence-electron chi connectivity index (χ4n) is 2.21. The van der Waals surface area contributed by atoms with Crippen molar-refractivity contribution >= 4 is 27.6 Å². The number of esters is 1. The van der Waals surface area contributed by atoms with Crippen LogP contribution < -0.4 is 9.46 Å². The van der Waals surface area contributed by atoms with Crippen molar-refractivity contribution in [3.8, 4) is 5.75 Å². The van der Waals surface area contributed by atoms with E-state index in [9.17, 15) is 13.2 Å². The first kappa shape index (κ1) is 18.7. The number of carbonyl (C=O) groups excluding carboxylic acids is 1. The Kier molecular flexibility index (Phi) is 5.80. The van der Waals surface area contributed by atoms with E-state index in [-0.39, 0.29) is 29.7 Å². The van der Waals surface area contributed by atoms with Crippen LogP contribution in [0, 0.1) is 0 Å². The Morgan fingerprint density at radius 3 is 2.62 bits per heavy atom. The molecule has 0 heterocycles. The fraction of sp³-hybridized carbons (Fsp3) is 0.278. The Hall–Kier alpha value is -2.09. The second-order valence-electron chi connectivity index (χ2n) is 5.87. The van der Waals surface area contributed by atoms with Gasteiger partial charge in [-0.2, -0.15) is 0 Å². The molecular weight excluding hydrogens is 378 g/mol. The molecule has 138 valence electrons. The van der Waals surface area contributed by atoms with E-state index in [0.29, 0.717) is 10.8 Å². The average molecular weight is 396 g/mol. The van der Waals surface area contributed by atoms with Gasteiger partial charge in [-0.05, 0) is 49.2 Å². The number of halogens is 1. The van der Waals surface area contributed by atoms with Gasteiger partial charge in [-0.25, -0.2) is 17.9 Å². The number of hydrogen-bond acceptors (Lipinski definition) is 5. The molecule has 0 unspecified atom stereocenters. The first-order valence-corrected chi connectivity index (χ1v) is 9.98. The molecule has 0 atom stereocenters. The molecule has 6 nitrogen and oxygen atoms in total. The zero-order chi connectivity index (χ0) is 18.6. The van der Waals surface area contributed by atoms with E-state index in [1.54, 1.807) is 24.3 Å². The third kappa shape index (κ3) is 5.20. The van der Waals surface area contributed by atoms with Crippen LogP contribution in [0.2, 0.25) is 5.02 Å². The van der Waals surface area contributed by atoms with E-state index < -0.39 is 16.0 Å². The summed E-state index contributed by atoms with van der Waals surface area (Å²) in [5, 5.41) is 0.553. The van der Waals surface area contributed by atoms with Crippen molar-refractivity contribution < 1.29 is 22.7 Å².